The van der Waals surface area contributed by atoms with Gasteiger partial charge in [0.15, 0.2) is 5.65 Å². The van der Waals surface area contributed by atoms with Crippen LogP contribution in [0.4, 0.5) is 13.2 Å². The fraction of sp³-hybridized carbons (Fsp3) is 0.350. The van der Waals surface area contributed by atoms with E-state index < -0.39 is 12.3 Å². The van der Waals surface area contributed by atoms with Gasteiger partial charge < -0.3 is 10.1 Å². The second kappa shape index (κ2) is 7.73. The summed E-state index contributed by atoms with van der Waals surface area (Å²) in [5.41, 5.74) is 2.57. The maximum absolute atomic E-state index is 12.9. The molecule has 154 valence electrons. The van der Waals surface area contributed by atoms with Gasteiger partial charge in [0, 0.05) is 24.8 Å². The summed E-state index contributed by atoms with van der Waals surface area (Å²) in [5, 5.41) is 7.64. The molecule has 0 saturated carbocycles. The molecule has 3 aromatic rings. The molecule has 0 radical (unpaired) electrons. The number of alkyl halides is 3. The van der Waals surface area contributed by atoms with Crippen LogP contribution in [0.15, 0.2) is 30.3 Å². The van der Waals surface area contributed by atoms with E-state index in [4.69, 9.17) is 0 Å². The standard InChI is InChI=1S/C20H21F3N4O2/c1-11(2)15-9-14(17-12(3)26-27(4)18(17)25-15)19(28)24-10-13-7-5-6-8-16(13)29-20(21,22)23/h5-9,11H,10H2,1-4H3,(H,24,28). The Bertz CT molecular complexity index is 1060. The van der Waals surface area contributed by atoms with E-state index in [1.165, 1.54) is 18.2 Å². The van der Waals surface area contributed by atoms with Gasteiger partial charge in [-0.3, -0.25) is 9.48 Å². The second-order valence-corrected chi connectivity index (χ2v) is 7.00. The van der Waals surface area contributed by atoms with Crippen LogP contribution in [0.5, 0.6) is 5.75 Å². The molecule has 0 fully saturated rings. The third kappa shape index (κ3) is 4.49. The highest BCUT2D eigenvalue weighted by molar-refractivity contribution is 6.06. The van der Waals surface area contributed by atoms with Crippen LogP contribution in [0.3, 0.4) is 0 Å². The number of carbonyl (C=O) groups excluding carboxylic acids is 1. The largest absolute Gasteiger partial charge is 0.573 e. The van der Waals surface area contributed by atoms with Gasteiger partial charge in [-0.05, 0) is 25.0 Å². The van der Waals surface area contributed by atoms with Crippen molar-refractivity contribution in [2.45, 2.75) is 39.6 Å². The van der Waals surface area contributed by atoms with E-state index >= 15 is 0 Å². The van der Waals surface area contributed by atoms with Crippen LogP contribution < -0.4 is 10.1 Å². The number of carbonyl (C=O) groups is 1. The maximum atomic E-state index is 12.9. The first-order chi connectivity index (χ1) is 13.6. The number of para-hydroxylation sites is 1. The first-order valence-electron chi connectivity index (χ1n) is 9.03. The maximum Gasteiger partial charge on any atom is 0.573 e. The molecule has 0 aliphatic heterocycles. The summed E-state index contributed by atoms with van der Waals surface area (Å²) in [4.78, 5) is 17.5. The van der Waals surface area contributed by atoms with Crippen LogP contribution in [-0.2, 0) is 13.6 Å². The number of ether oxygens (including phenoxy) is 1. The number of halogens is 3. The van der Waals surface area contributed by atoms with Crippen LogP contribution in [0.2, 0.25) is 0 Å². The molecule has 6 nitrogen and oxygen atoms in total. The molecule has 0 aliphatic rings. The van der Waals surface area contributed by atoms with Gasteiger partial charge >= 0.3 is 6.36 Å². The molecule has 2 heterocycles. The zero-order valence-corrected chi connectivity index (χ0v) is 16.5. The molecule has 0 atom stereocenters. The fourth-order valence-electron chi connectivity index (χ4n) is 3.08. The van der Waals surface area contributed by atoms with Crippen LogP contribution in [0, 0.1) is 6.92 Å². The number of nitrogens with zero attached hydrogens (tertiary/aromatic N) is 3. The summed E-state index contributed by atoms with van der Waals surface area (Å²) in [6, 6.07) is 7.40. The number of nitrogens with one attached hydrogen (secondary N) is 1. The first-order valence-corrected chi connectivity index (χ1v) is 9.03. The summed E-state index contributed by atoms with van der Waals surface area (Å²) in [5.74, 6) is -0.681. The van der Waals surface area contributed by atoms with Crippen molar-refractivity contribution in [3.8, 4) is 5.75 Å². The third-order valence-corrected chi connectivity index (χ3v) is 4.46. The lowest BCUT2D eigenvalue weighted by atomic mass is 10.0. The fourth-order valence-corrected chi connectivity index (χ4v) is 3.08. The number of aryl methyl sites for hydroxylation is 2. The van der Waals surface area contributed by atoms with Gasteiger partial charge in [-0.1, -0.05) is 32.0 Å². The number of aromatic nitrogens is 3. The number of amides is 1. The number of pyridine rings is 1. The minimum absolute atomic E-state index is 0.0852. The van der Waals surface area contributed by atoms with Crippen molar-refractivity contribution in [2.75, 3.05) is 0 Å². The molecule has 1 aromatic carbocycles. The zero-order chi connectivity index (χ0) is 21.3. The van der Waals surface area contributed by atoms with E-state index in [0.29, 0.717) is 22.3 Å². The molecular formula is C20H21F3N4O2. The van der Waals surface area contributed by atoms with Crippen molar-refractivity contribution in [3.63, 3.8) is 0 Å². The summed E-state index contributed by atoms with van der Waals surface area (Å²) in [6.45, 7) is 5.58. The van der Waals surface area contributed by atoms with Gasteiger partial charge in [0.05, 0.1) is 16.6 Å². The topological polar surface area (TPSA) is 69.0 Å². The minimum Gasteiger partial charge on any atom is -0.405 e. The summed E-state index contributed by atoms with van der Waals surface area (Å²) >= 11 is 0. The lowest BCUT2D eigenvalue weighted by Crippen LogP contribution is -2.25. The van der Waals surface area contributed by atoms with Gasteiger partial charge in [-0.15, -0.1) is 13.2 Å². The Kier molecular flexibility index (Phi) is 5.50. The van der Waals surface area contributed by atoms with Crippen molar-refractivity contribution in [2.24, 2.45) is 7.05 Å². The Morgan fingerprint density at radius 3 is 2.62 bits per heavy atom. The minimum atomic E-state index is -4.81. The van der Waals surface area contributed by atoms with Gasteiger partial charge in [0.2, 0.25) is 0 Å². The van der Waals surface area contributed by atoms with Crippen molar-refractivity contribution >= 4 is 16.9 Å². The lowest BCUT2D eigenvalue weighted by molar-refractivity contribution is -0.274. The predicted molar refractivity (Wildman–Crippen MR) is 102 cm³/mol. The Morgan fingerprint density at radius 2 is 1.97 bits per heavy atom. The summed E-state index contributed by atoms with van der Waals surface area (Å²) < 4.78 is 43.5. The highest BCUT2D eigenvalue weighted by Crippen LogP contribution is 2.27. The number of fused-ring (bicyclic) bond motifs is 1. The third-order valence-electron chi connectivity index (χ3n) is 4.46. The molecule has 2 aromatic heterocycles. The van der Waals surface area contributed by atoms with Gasteiger partial charge in [0.1, 0.15) is 5.75 Å². The molecule has 0 unspecified atom stereocenters. The van der Waals surface area contributed by atoms with Crippen molar-refractivity contribution < 1.29 is 22.7 Å². The SMILES string of the molecule is Cc1nn(C)c2nc(C(C)C)cc(C(=O)NCc3ccccc3OC(F)(F)F)c12. The van der Waals surface area contributed by atoms with Gasteiger partial charge in [-0.2, -0.15) is 5.10 Å². The molecule has 9 heteroatoms. The van der Waals surface area contributed by atoms with Crippen LogP contribution in [0.1, 0.15) is 47.1 Å². The van der Waals surface area contributed by atoms with E-state index in [0.717, 1.165) is 5.69 Å². The van der Waals surface area contributed by atoms with Crippen LogP contribution in [-0.4, -0.2) is 27.0 Å². The number of benzene rings is 1. The average molecular weight is 406 g/mol. The molecular weight excluding hydrogens is 385 g/mol. The van der Waals surface area contributed by atoms with Crippen molar-refractivity contribution in [1.82, 2.24) is 20.1 Å². The quantitative estimate of drug-likeness (QED) is 0.689. The molecule has 1 amide bonds. The lowest BCUT2D eigenvalue weighted by Gasteiger charge is -2.14. The molecule has 0 bridgehead atoms. The van der Waals surface area contributed by atoms with E-state index in [1.54, 1.807) is 30.8 Å². The normalized spacial score (nSPS) is 11.9. The molecule has 0 saturated heterocycles. The highest BCUT2D eigenvalue weighted by Gasteiger charge is 2.32. The predicted octanol–water partition coefficient (Wildman–Crippen LogP) is 4.23. The number of rotatable bonds is 5. The number of hydrogen-bond acceptors (Lipinski definition) is 4. The first kappa shape index (κ1) is 20.6. The van der Waals surface area contributed by atoms with Crippen LogP contribution >= 0.6 is 0 Å². The molecule has 0 aliphatic carbocycles. The van der Waals surface area contributed by atoms with Crippen LogP contribution in [0.25, 0.3) is 11.0 Å². The molecule has 0 spiro atoms. The van der Waals surface area contributed by atoms with E-state index in [1.807, 2.05) is 13.8 Å². The number of hydrogen-bond donors (Lipinski definition) is 1. The molecule has 3 rings (SSSR count). The Morgan fingerprint density at radius 1 is 1.28 bits per heavy atom. The van der Waals surface area contributed by atoms with E-state index in [-0.39, 0.29) is 23.8 Å². The van der Waals surface area contributed by atoms with Crippen molar-refractivity contribution in [1.29, 1.82) is 0 Å². The summed E-state index contributed by atoms with van der Waals surface area (Å²) in [7, 11) is 1.75. The Hall–Kier alpha value is -3.10. The van der Waals surface area contributed by atoms with E-state index in [2.05, 4.69) is 20.1 Å². The van der Waals surface area contributed by atoms with Gasteiger partial charge in [0.25, 0.3) is 5.91 Å². The summed E-state index contributed by atoms with van der Waals surface area (Å²) in [6.07, 6.45) is -4.81. The second-order valence-electron chi connectivity index (χ2n) is 7.00. The Labute approximate surface area is 165 Å². The monoisotopic (exact) mass is 406 g/mol. The smallest absolute Gasteiger partial charge is 0.405 e. The van der Waals surface area contributed by atoms with E-state index in [9.17, 15) is 18.0 Å². The average Bonchev–Trinajstić information content (AvgIpc) is 2.93. The van der Waals surface area contributed by atoms with Gasteiger partial charge in [-0.25, -0.2) is 4.98 Å². The zero-order valence-electron chi connectivity index (χ0n) is 16.5. The van der Waals surface area contributed by atoms with Crippen molar-refractivity contribution in [3.05, 3.63) is 52.8 Å². The Balaban J connectivity index is 1.92. The highest BCUT2D eigenvalue weighted by atomic mass is 19.4. The molecule has 1 N–H and O–H groups in total. The molecule has 29 heavy (non-hydrogen) atoms.